The fourth-order valence-electron chi connectivity index (χ4n) is 2.46. The highest BCUT2D eigenvalue weighted by Crippen LogP contribution is 2.18. The van der Waals surface area contributed by atoms with Crippen LogP contribution in [0.2, 0.25) is 0 Å². The molecule has 8 heteroatoms. The van der Waals surface area contributed by atoms with Gasteiger partial charge in [-0.15, -0.1) is 0 Å². The number of pyridine rings is 1. The molecule has 0 aliphatic carbocycles. The van der Waals surface area contributed by atoms with E-state index in [0.717, 1.165) is 6.54 Å². The van der Waals surface area contributed by atoms with Crippen LogP contribution in [0.3, 0.4) is 0 Å². The summed E-state index contributed by atoms with van der Waals surface area (Å²) in [7, 11) is 0. The molecule has 1 aliphatic rings. The molecule has 23 heavy (non-hydrogen) atoms. The van der Waals surface area contributed by atoms with Crippen molar-refractivity contribution in [1.82, 2.24) is 19.5 Å². The van der Waals surface area contributed by atoms with Gasteiger partial charge in [-0.05, 0) is 26.8 Å². The summed E-state index contributed by atoms with van der Waals surface area (Å²) < 4.78 is 12.5. The Morgan fingerprint density at radius 1 is 1.48 bits per heavy atom. The van der Waals surface area contributed by atoms with Gasteiger partial charge in [0.15, 0.2) is 5.65 Å². The molecular formula is C15H21N5O3. The summed E-state index contributed by atoms with van der Waals surface area (Å²) in [5.41, 5.74) is 1.26. The van der Waals surface area contributed by atoms with Crippen molar-refractivity contribution in [3.05, 3.63) is 24.7 Å². The zero-order valence-corrected chi connectivity index (χ0v) is 13.5. The van der Waals surface area contributed by atoms with Crippen molar-refractivity contribution < 1.29 is 14.3 Å². The number of ether oxygens (including phenoxy) is 2. The van der Waals surface area contributed by atoms with Gasteiger partial charge in [0.2, 0.25) is 6.29 Å². The van der Waals surface area contributed by atoms with E-state index < -0.39 is 12.4 Å². The maximum Gasteiger partial charge on any atom is 0.413 e. The van der Waals surface area contributed by atoms with E-state index in [2.05, 4.69) is 41.1 Å². The number of nitrogens with zero attached hydrogens (tertiary/aromatic N) is 4. The molecule has 1 saturated heterocycles. The lowest BCUT2D eigenvalue weighted by molar-refractivity contribution is -0.159. The lowest BCUT2D eigenvalue weighted by atomic mass is 10.1. The smallest absolute Gasteiger partial charge is 0.413 e. The predicted octanol–water partition coefficient (Wildman–Crippen LogP) is 1.73. The lowest BCUT2D eigenvalue weighted by Crippen LogP contribution is -2.52. The van der Waals surface area contributed by atoms with Crippen molar-refractivity contribution in [2.75, 3.05) is 25.0 Å². The summed E-state index contributed by atoms with van der Waals surface area (Å²) in [5.74, 6) is 0. The number of morpholine rings is 1. The molecule has 3 rings (SSSR count). The summed E-state index contributed by atoms with van der Waals surface area (Å²) in [6.07, 6.45) is 2.06. The third-order valence-electron chi connectivity index (χ3n) is 3.75. The fourth-order valence-corrected chi connectivity index (χ4v) is 2.46. The van der Waals surface area contributed by atoms with E-state index >= 15 is 0 Å². The van der Waals surface area contributed by atoms with Crippen molar-refractivity contribution in [3.8, 4) is 0 Å². The van der Waals surface area contributed by atoms with E-state index in [9.17, 15) is 4.79 Å². The zero-order chi connectivity index (χ0) is 16.4. The number of aromatic nitrogens is 3. The number of anilines is 1. The maximum atomic E-state index is 12.0. The molecule has 3 heterocycles. The van der Waals surface area contributed by atoms with Crippen molar-refractivity contribution in [3.63, 3.8) is 0 Å². The Labute approximate surface area is 134 Å². The van der Waals surface area contributed by atoms with Gasteiger partial charge in [0, 0.05) is 30.0 Å². The fraction of sp³-hybridized carbons (Fsp3) is 0.533. The molecule has 1 unspecified atom stereocenters. The highest BCUT2D eigenvalue weighted by Gasteiger charge is 2.30. The Morgan fingerprint density at radius 3 is 3.09 bits per heavy atom. The topological polar surface area (TPSA) is 81.0 Å². The molecule has 2 aromatic heterocycles. The third-order valence-corrected chi connectivity index (χ3v) is 3.75. The lowest BCUT2D eigenvalue weighted by Gasteiger charge is -2.40. The number of carbonyl (C=O) groups excluding carboxylic acids is 1. The summed E-state index contributed by atoms with van der Waals surface area (Å²) in [4.78, 5) is 18.3. The average Bonchev–Trinajstić information content (AvgIpc) is 2.94. The summed E-state index contributed by atoms with van der Waals surface area (Å²) >= 11 is 0. The van der Waals surface area contributed by atoms with Gasteiger partial charge in [0.1, 0.15) is 6.33 Å². The minimum absolute atomic E-state index is 0.0145. The van der Waals surface area contributed by atoms with Gasteiger partial charge < -0.3 is 9.47 Å². The largest absolute Gasteiger partial charge is 0.418 e. The van der Waals surface area contributed by atoms with Gasteiger partial charge in [0.05, 0.1) is 13.2 Å². The first-order chi connectivity index (χ1) is 10.9. The van der Waals surface area contributed by atoms with E-state index in [1.165, 1.54) is 6.33 Å². The van der Waals surface area contributed by atoms with Crippen LogP contribution in [-0.4, -0.2) is 57.1 Å². The van der Waals surface area contributed by atoms with E-state index in [0.29, 0.717) is 24.5 Å². The number of amides is 1. The Hall–Kier alpha value is -2.19. The molecular weight excluding hydrogens is 298 g/mol. The van der Waals surface area contributed by atoms with Crippen LogP contribution >= 0.6 is 0 Å². The molecule has 2 aromatic rings. The minimum Gasteiger partial charge on any atom is -0.418 e. The quantitative estimate of drug-likeness (QED) is 0.908. The molecule has 0 radical (unpaired) electrons. The summed E-state index contributed by atoms with van der Waals surface area (Å²) in [6, 6.07) is 3.45. The van der Waals surface area contributed by atoms with Gasteiger partial charge in [-0.2, -0.15) is 5.10 Å². The molecule has 0 bridgehead atoms. The van der Waals surface area contributed by atoms with Crippen LogP contribution in [0, 0.1) is 0 Å². The number of rotatable bonds is 2. The van der Waals surface area contributed by atoms with Crippen LogP contribution in [0.15, 0.2) is 24.7 Å². The van der Waals surface area contributed by atoms with Crippen LogP contribution in [0.5, 0.6) is 0 Å². The molecule has 0 saturated carbocycles. The first-order valence-electron chi connectivity index (χ1n) is 7.55. The minimum atomic E-state index is -0.570. The molecule has 1 atom stereocenters. The van der Waals surface area contributed by atoms with E-state index in [4.69, 9.17) is 9.47 Å². The van der Waals surface area contributed by atoms with Crippen LogP contribution < -0.4 is 5.32 Å². The second-order valence-electron chi connectivity index (χ2n) is 6.43. The van der Waals surface area contributed by atoms with Gasteiger partial charge in [-0.25, -0.2) is 14.3 Å². The maximum absolute atomic E-state index is 12.0. The standard InChI is InChI=1S/C15H21N5O3/c1-15(2,3)19-6-7-22-13(9-19)23-14(21)18-11-4-5-20-12(8-11)16-10-17-20/h4-5,8,10,13H,6-7,9H2,1-3H3,(H,18,21). The van der Waals surface area contributed by atoms with E-state index in [1.807, 2.05) is 0 Å². The number of nitrogens with one attached hydrogen (secondary N) is 1. The second kappa shape index (κ2) is 6.13. The highest BCUT2D eigenvalue weighted by molar-refractivity contribution is 5.85. The number of hydrogen-bond donors (Lipinski definition) is 1. The molecule has 1 aliphatic heterocycles. The van der Waals surface area contributed by atoms with Gasteiger partial charge in [0.25, 0.3) is 0 Å². The molecule has 1 fully saturated rings. The van der Waals surface area contributed by atoms with Crippen LogP contribution in [0.1, 0.15) is 20.8 Å². The molecule has 8 nitrogen and oxygen atoms in total. The first-order valence-corrected chi connectivity index (χ1v) is 7.55. The molecule has 1 amide bonds. The predicted molar refractivity (Wildman–Crippen MR) is 84.2 cm³/mol. The van der Waals surface area contributed by atoms with Gasteiger partial charge in [-0.1, -0.05) is 0 Å². The number of fused-ring (bicyclic) bond motifs is 1. The molecule has 1 N–H and O–H groups in total. The molecule has 0 aromatic carbocycles. The Balaban J connectivity index is 1.58. The third kappa shape index (κ3) is 3.77. The zero-order valence-electron chi connectivity index (χ0n) is 13.5. The SMILES string of the molecule is CC(C)(C)N1CCOC(OC(=O)Nc2ccn3ncnc3c2)C1. The average molecular weight is 319 g/mol. The summed E-state index contributed by atoms with van der Waals surface area (Å²) in [6.45, 7) is 8.31. The number of hydrogen-bond acceptors (Lipinski definition) is 6. The normalized spacial score (nSPS) is 19.7. The van der Waals surface area contributed by atoms with E-state index in [1.54, 1.807) is 22.8 Å². The Kier molecular flexibility index (Phi) is 4.18. The first kappa shape index (κ1) is 15.7. The Bertz CT molecular complexity index is 694. The number of carbonyl (C=O) groups is 1. The van der Waals surface area contributed by atoms with E-state index in [-0.39, 0.29) is 5.54 Å². The second-order valence-corrected chi connectivity index (χ2v) is 6.43. The Morgan fingerprint density at radius 2 is 2.30 bits per heavy atom. The molecule has 124 valence electrons. The van der Waals surface area contributed by atoms with Crippen LogP contribution in [0.4, 0.5) is 10.5 Å². The van der Waals surface area contributed by atoms with Gasteiger partial charge >= 0.3 is 6.09 Å². The summed E-state index contributed by atoms with van der Waals surface area (Å²) in [5, 5.41) is 6.68. The molecule has 0 spiro atoms. The van der Waals surface area contributed by atoms with Crippen molar-refractivity contribution >= 4 is 17.4 Å². The van der Waals surface area contributed by atoms with Crippen molar-refractivity contribution in [2.45, 2.75) is 32.6 Å². The monoisotopic (exact) mass is 319 g/mol. The van der Waals surface area contributed by atoms with Crippen molar-refractivity contribution in [2.24, 2.45) is 0 Å². The van der Waals surface area contributed by atoms with Crippen molar-refractivity contribution in [1.29, 1.82) is 0 Å². The van der Waals surface area contributed by atoms with Crippen LogP contribution in [0.25, 0.3) is 5.65 Å². The van der Waals surface area contributed by atoms with Gasteiger partial charge in [-0.3, -0.25) is 10.2 Å². The highest BCUT2D eigenvalue weighted by atomic mass is 16.7. The van der Waals surface area contributed by atoms with Crippen LogP contribution in [-0.2, 0) is 9.47 Å².